The first-order chi connectivity index (χ1) is 14.3. The van der Waals surface area contributed by atoms with Crippen LogP contribution in [0.1, 0.15) is 25.5 Å². The summed E-state index contributed by atoms with van der Waals surface area (Å²) in [6, 6.07) is 1.71. The summed E-state index contributed by atoms with van der Waals surface area (Å²) in [4.78, 5) is 9.90. The summed E-state index contributed by atoms with van der Waals surface area (Å²) in [6.45, 7) is 1.13. The Hall–Kier alpha value is -1.92. The molecule has 0 aromatic carbocycles. The van der Waals surface area contributed by atoms with Crippen LogP contribution in [0.25, 0.3) is 11.0 Å². The Balaban J connectivity index is 1.39. The van der Waals surface area contributed by atoms with Crippen LogP contribution in [-0.4, -0.2) is 85.6 Å². The topological polar surface area (TPSA) is 122 Å². The largest absolute Gasteiger partial charge is 0.387 e. The van der Waals surface area contributed by atoms with Crippen molar-refractivity contribution in [1.29, 1.82) is 0 Å². The Kier molecular flexibility index (Phi) is 4.71. The first-order valence-electron chi connectivity index (χ1n) is 10.2. The van der Waals surface area contributed by atoms with Gasteiger partial charge >= 0.3 is 0 Å². The van der Waals surface area contributed by atoms with Gasteiger partial charge in [-0.25, -0.2) is 18.7 Å². The maximum Gasteiger partial charge on any atom is 0.262 e. The molecule has 3 aliphatic rings. The number of fused-ring (bicyclic) bond motifs is 1. The Morgan fingerprint density at radius 3 is 2.77 bits per heavy atom. The molecule has 2 aromatic rings. The number of piperidine rings is 1. The summed E-state index contributed by atoms with van der Waals surface area (Å²) in [5.74, 6) is -2.47. The van der Waals surface area contributed by atoms with Crippen LogP contribution in [0, 0.1) is 0 Å². The molecule has 11 heteroatoms. The average Bonchev–Trinajstić information content (AvgIpc) is 3.32. The molecule has 9 nitrogen and oxygen atoms in total. The highest BCUT2D eigenvalue weighted by molar-refractivity contribution is 5.86. The first-order valence-corrected chi connectivity index (χ1v) is 10.2. The van der Waals surface area contributed by atoms with Gasteiger partial charge in [-0.15, -0.1) is 0 Å². The highest BCUT2D eigenvalue weighted by Gasteiger charge is 2.56. The van der Waals surface area contributed by atoms with Crippen LogP contribution in [0.5, 0.6) is 0 Å². The van der Waals surface area contributed by atoms with Crippen molar-refractivity contribution in [2.24, 2.45) is 0 Å². The molecule has 0 saturated carbocycles. The molecule has 5 heterocycles. The van der Waals surface area contributed by atoms with Crippen molar-refractivity contribution >= 4 is 16.9 Å². The third kappa shape index (κ3) is 3.16. The lowest BCUT2D eigenvalue weighted by atomic mass is 9.85. The summed E-state index contributed by atoms with van der Waals surface area (Å²) in [5.41, 5.74) is 5.74. The Labute approximate surface area is 171 Å². The van der Waals surface area contributed by atoms with Gasteiger partial charge in [0.25, 0.3) is 5.92 Å². The number of anilines is 1. The second-order valence-electron chi connectivity index (χ2n) is 8.65. The lowest BCUT2D eigenvalue weighted by Crippen LogP contribution is -2.54. The van der Waals surface area contributed by atoms with Gasteiger partial charge in [-0.2, -0.15) is 0 Å². The lowest BCUT2D eigenvalue weighted by Gasteiger charge is -2.42. The Morgan fingerprint density at radius 1 is 1.23 bits per heavy atom. The molecule has 0 amide bonds. The molecule has 3 aliphatic heterocycles. The van der Waals surface area contributed by atoms with E-state index >= 15 is 0 Å². The Bertz CT molecular complexity index is 934. The van der Waals surface area contributed by atoms with Crippen molar-refractivity contribution in [2.75, 3.05) is 31.9 Å². The van der Waals surface area contributed by atoms with E-state index in [1.165, 1.54) is 6.33 Å². The fraction of sp³-hybridized carbons (Fsp3) is 0.684. The van der Waals surface area contributed by atoms with Crippen molar-refractivity contribution in [3.05, 3.63) is 18.6 Å². The molecule has 0 radical (unpaired) electrons. The number of hydrogen-bond donors (Lipinski definition) is 4. The molecule has 0 bridgehead atoms. The molecule has 1 spiro atoms. The highest BCUT2D eigenvalue weighted by Crippen LogP contribution is 2.45. The number of nitrogens with two attached hydrogens (primary N) is 1. The number of aliphatic hydroxyl groups excluding tert-OH is 2. The molecule has 0 aliphatic carbocycles. The minimum atomic E-state index is -2.77. The molecule has 5 N–H and O–H groups in total. The Morgan fingerprint density at radius 2 is 2.00 bits per heavy atom. The van der Waals surface area contributed by atoms with Crippen LogP contribution in [0.15, 0.2) is 18.6 Å². The lowest BCUT2D eigenvalue weighted by molar-refractivity contribution is -0.0560. The van der Waals surface area contributed by atoms with Gasteiger partial charge in [0.15, 0.2) is 6.23 Å². The molecule has 0 unspecified atom stereocenters. The zero-order valence-corrected chi connectivity index (χ0v) is 16.4. The number of nitrogens with one attached hydrogen (secondary N) is 1. The normalized spacial score (nSPS) is 33.6. The van der Waals surface area contributed by atoms with Gasteiger partial charge in [0.1, 0.15) is 36.1 Å². The van der Waals surface area contributed by atoms with Crippen molar-refractivity contribution in [3.8, 4) is 0 Å². The monoisotopic (exact) mass is 424 g/mol. The van der Waals surface area contributed by atoms with E-state index < -0.39 is 36.0 Å². The van der Waals surface area contributed by atoms with E-state index in [0.29, 0.717) is 42.8 Å². The van der Waals surface area contributed by atoms with E-state index in [0.717, 1.165) is 0 Å². The van der Waals surface area contributed by atoms with Crippen LogP contribution in [0.3, 0.4) is 0 Å². The van der Waals surface area contributed by atoms with Crippen molar-refractivity contribution < 1.29 is 23.7 Å². The number of likely N-dealkylation sites (tertiary alicyclic amines) is 1. The zero-order chi connectivity index (χ0) is 21.1. The van der Waals surface area contributed by atoms with Gasteiger partial charge in [0, 0.05) is 24.7 Å². The summed E-state index contributed by atoms with van der Waals surface area (Å²) in [5, 5.41) is 25.2. The molecule has 4 atom stereocenters. The number of nitrogen functional groups attached to an aromatic ring is 1. The molecule has 164 valence electrons. The smallest absolute Gasteiger partial charge is 0.262 e. The summed E-state index contributed by atoms with van der Waals surface area (Å²) in [7, 11) is 0. The van der Waals surface area contributed by atoms with Crippen LogP contribution in [0.4, 0.5) is 14.6 Å². The average molecular weight is 424 g/mol. The number of halogens is 2. The van der Waals surface area contributed by atoms with Gasteiger partial charge in [-0.3, -0.25) is 4.90 Å². The van der Waals surface area contributed by atoms with Crippen molar-refractivity contribution in [3.63, 3.8) is 0 Å². The number of alkyl halides is 2. The molecule has 3 fully saturated rings. The maximum absolute atomic E-state index is 14.3. The third-order valence-corrected chi connectivity index (χ3v) is 6.77. The standard InChI is InChI=1S/C19H26F2N6O3/c20-19(21)8-18(2-4-23-5-3-18)26(9-19)7-12-13(28)14(29)17(30-12)27-6-1-11-15(22)24-10-25-16(11)27/h1,6,10,12-14,17,23,28-29H,2-5,7-9H2,(H2,22,24,25)/t12-,13-,14-,17-/m1/s1. The van der Waals surface area contributed by atoms with E-state index in [2.05, 4.69) is 15.3 Å². The van der Waals surface area contributed by atoms with Crippen LogP contribution in [0.2, 0.25) is 0 Å². The number of nitrogens with zero attached hydrogens (tertiary/aromatic N) is 4. The summed E-state index contributed by atoms with van der Waals surface area (Å²) in [6.07, 6.45) is -0.103. The van der Waals surface area contributed by atoms with Gasteiger partial charge in [0.2, 0.25) is 0 Å². The molecule has 2 aromatic heterocycles. The second kappa shape index (κ2) is 7.06. The van der Waals surface area contributed by atoms with Crippen LogP contribution < -0.4 is 11.1 Å². The van der Waals surface area contributed by atoms with Crippen LogP contribution >= 0.6 is 0 Å². The quantitative estimate of drug-likeness (QED) is 0.547. The van der Waals surface area contributed by atoms with E-state index in [1.807, 2.05) is 0 Å². The highest BCUT2D eigenvalue weighted by atomic mass is 19.3. The predicted molar refractivity (Wildman–Crippen MR) is 104 cm³/mol. The third-order valence-electron chi connectivity index (χ3n) is 6.77. The number of ether oxygens (including phenoxy) is 1. The van der Waals surface area contributed by atoms with Gasteiger partial charge in [-0.1, -0.05) is 0 Å². The van der Waals surface area contributed by atoms with E-state index in [9.17, 15) is 19.0 Å². The van der Waals surface area contributed by atoms with Crippen molar-refractivity contribution in [2.45, 2.75) is 55.3 Å². The summed E-state index contributed by atoms with van der Waals surface area (Å²) >= 11 is 0. The second-order valence-corrected chi connectivity index (χ2v) is 8.65. The van der Waals surface area contributed by atoms with E-state index in [-0.39, 0.29) is 19.5 Å². The molecule has 5 rings (SSSR count). The fourth-order valence-electron chi connectivity index (χ4n) is 5.26. The summed E-state index contributed by atoms with van der Waals surface area (Å²) < 4.78 is 36.3. The maximum atomic E-state index is 14.3. The fourth-order valence-corrected chi connectivity index (χ4v) is 5.26. The van der Waals surface area contributed by atoms with Gasteiger partial charge < -0.3 is 30.6 Å². The number of aromatic nitrogens is 3. The minimum absolute atomic E-state index is 0.126. The minimum Gasteiger partial charge on any atom is -0.387 e. The van der Waals surface area contributed by atoms with E-state index in [1.54, 1.807) is 21.7 Å². The molecule has 3 saturated heterocycles. The number of aliphatic hydroxyl groups is 2. The number of hydrogen-bond acceptors (Lipinski definition) is 8. The van der Waals surface area contributed by atoms with Crippen LogP contribution in [-0.2, 0) is 4.74 Å². The molecular weight excluding hydrogens is 398 g/mol. The zero-order valence-electron chi connectivity index (χ0n) is 16.4. The first kappa shape index (κ1) is 20.0. The van der Waals surface area contributed by atoms with Crippen molar-refractivity contribution in [1.82, 2.24) is 24.8 Å². The predicted octanol–water partition coefficient (Wildman–Crippen LogP) is 0.0959. The molecular formula is C19H26F2N6O3. The SMILES string of the molecule is Nc1ncnc2c1ccn2[C@@H]1O[C@H](CN2CC(F)(F)CC23CCNCC3)[C@@H](O)[C@H]1O. The number of rotatable bonds is 3. The van der Waals surface area contributed by atoms with Gasteiger partial charge in [0.05, 0.1) is 11.9 Å². The molecule has 30 heavy (non-hydrogen) atoms. The van der Waals surface area contributed by atoms with E-state index in [4.69, 9.17) is 10.5 Å². The van der Waals surface area contributed by atoms with Gasteiger partial charge in [-0.05, 0) is 32.0 Å².